The van der Waals surface area contributed by atoms with Crippen LogP contribution in [0.2, 0.25) is 10.0 Å². The van der Waals surface area contributed by atoms with E-state index in [-0.39, 0.29) is 18.2 Å². The van der Waals surface area contributed by atoms with Crippen molar-refractivity contribution in [1.82, 2.24) is 10.2 Å². The highest BCUT2D eigenvalue weighted by Gasteiger charge is 2.27. The second kappa shape index (κ2) is 11.7. The third-order valence-electron chi connectivity index (χ3n) is 4.52. The molecule has 1 unspecified atom stereocenters. The molecule has 0 heterocycles. The average Bonchev–Trinajstić information content (AvgIpc) is 2.73. The maximum absolute atomic E-state index is 12.9. The van der Waals surface area contributed by atoms with Gasteiger partial charge in [0.05, 0.1) is 6.61 Å². The number of benzene rings is 2. The van der Waals surface area contributed by atoms with Crippen LogP contribution >= 0.6 is 23.2 Å². The van der Waals surface area contributed by atoms with Crippen LogP contribution in [-0.2, 0) is 16.1 Å². The summed E-state index contributed by atoms with van der Waals surface area (Å²) in [7, 11) is 1.58. The van der Waals surface area contributed by atoms with Gasteiger partial charge in [0.15, 0.2) is 0 Å². The van der Waals surface area contributed by atoms with Gasteiger partial charge in [-0.25, -0.2) is 0 Å². The van der Waals surface area contributed by atoms with Crippen LogP contribution in [0, 0.1) is 0 Å². The van der Waals surface area contributed by atoms with Crippen LogP contribution in [0.3, 0.4) is 0 Å². The van der Waals surface area contributed by atoms with Crippen molar-refractivity contribution in [3.05, 3.63) is 64.1 Å². The molecule has 29 heavy (non-hydrogen) atoms. The number of carbonyl (C=O) groups is 2. The molecule has 1 N–H and O–H groups in total. The number of nitrogens with one attached hydrogen (secondary N) is 1. The first-order valence-electron chi connectivity index (χ1n) is 9.58. The second-order valence-electron chi connectivity index (χ2n) is 6.59. The van der Waals surface area contributed by atoms with Crippen molar-refractivity contribution in [1.29, 1.82) is 0 Å². The number of nitrogens with zero attached hydrogens (tertiary/aromatic N) is 1. The quantitative estimate of drug-likeness (QED) is 0.548. The van der Waals surface area contributed by atoms with E-state index >= 15 is 0 Å². The molecule has 0 fully saturated rings. The molecule has 0 aromatic heterocycles. The molecule has 2 aromatic rings. The Bertz CT molecular complexity index is 795. The summed E-state index contributed by atoms with van der Waals surface area (Å²) in [5.74, 6) is 0.444. The number of likely N-dealkylation sites (N-methyl/N-ethyl adjacent to an activating group) is 1. The van der Waals surface area contributed by atoms with Crippen molar-refractivity contribution in [2.45, 2.75) is 38.8 Å². The normalized spacial score (nSPS) is 11.6. The molecular formula is C22H26Cl2N2O3. The van der Waals surface area contributed by atoms with Gasteiger partial charge in [0, 0.05) is 30.1 Å². The SMILES string of the molecule is CCC(C(=O)NC)N(Cc1ccc(Cl)cc1)C(=O)CCCOc1ccc(Cl)cc1. The molecule has 0 spiro atoms. The summed E-state index contributed by atoms with van der Waals surface area (Å²) in [6.07, 6.45) is 1.36. The number of hydrogen-bond donors (Lipinski definition) is 1. The molecule has 0 bridgehead atoms. The third-order valence-corrected chi connectivity index (χ3v) is 5.02. The van der Waals surface area contributed by atoms with E-state index in [9.17, 15) is 9.59 Å². The number of amides is 2. The first-order chi connectivity index (χ1) is 13.9. The minimum Gasteiger partial charge on any atom is -0.494 e. The Morgan fingerprint density at radius 2 is 1.62 bits per heavy atom. The zero-order valence-corrected chi connectivity index (χ0v) is 18.2. The maximum atomic E-state index is 12.9. The number of carbonyl (C=O) groups excluding carboxylic acids is 2. The van der Waals surface area contributed by atoms with E-state index < -0.39 is 6.04 Å². The molecule has 5 nitrogen and oxygen atoms in total. The summed E-state index contributed by atoms with van der Waals surface area (Å²) >= 11 is 11.8. The van der Waals surface area contributed by atoms with Crippen LogP contribution in [0.4, 0.5) is 0 Å². The maximum Gasteiger partial charge on any atom is 0.242 e. The Morgan fingerprint density at radius 3 is 2.17 bits per heavy atom. The lowest BCUT2D eigenvalue weighted by Gasteiger charge is -2.30. The molecular weight excluding hydrogens is 411 g/mol. The fourth-order valence-electron chi connectivity index (χ4n) is 2.96. The van der Waals surface area contributed by atoms with Gasteiger partial charge in [0.25, 0.3) is 0 Å². The van der Waals surface area contributed by atoms with E-state index in [0.29, 0.717) is 41.8 Å². The monoisotopic (exact) mass is 436 g/mol. The van der Waals surface area contributed by atoms with Gasteiger partial charge < -0.3 is 15.0 Å². The van der Waals surface area contributed by atoms with E-state index in [2.05, 4.69) is 5.32 Å². The summed E-state index contributed by atoms with van der Waals surface area (Å²) in [4.78, 5) is 26.9. The van der Waals surface area contributed by atoms with Crippen molar-refractivity contribution in [2.75, 3.05) is 13.7 Å². The smallest absolute Gasteiger partial charge is 0.242 e. The van der Waals surface area contributed by atoms with Gasteiger partial charge in [0.2, 0.25) is 11.8 Å². The molecule has 2 rings (SSSR count). The van der Waals surface area contributed by atoms with E-state index in [1.54, 1.807) is 48.3 Å². The highest BCUT2D eigenvalue weighted by atomic mass is 35.5. The summed E-state index contributed by atoms with van der Waals surface area (Å²) in [5, 5.41) is 3.92. The van der Waals surface area contributed by atoms with Gasteiger partial charge in [-0.3, -0.25) is 9.59 Å². The Hall–Kier alpha value is -2.24. The lowest BCUT2D eigenvalue weighted by Crippen LogP contribution is -2.48. The van der Waals surface area contributed by atoms with Crippen LogP contribution in [0.15, 0.2) is 48.5 Å². The predicted molar refractivity (Wildman–Crippen MR) is 116 cm³/mol. The highest BCUT2D eigenvalue weighted by Crippen LogP contribution is 2.18. The first kappa shape index (κ1) is 23.0. The summed E-state index contributed by atoms with van der Waals surface area (Å²) < 4.78 is 5.65. The van der Waals surface area contributed by atoms with Crippen LogP contribution in [0.5, 0.6) is 5.75 Å². The molecule has 0 saturated heterocycles. The Kier molecular flexibility index (Phi) is 9.29. The Balaban J connectivity index is 1.99. The fraction of sp³-hybridized carbons (Fsp3) is 0.364. The zero-order chi connectivity index (χ0) is 21.2. The predicted octanol–water partition coefficient (Wildman–Crippen LogP) is 4.71. The molecule has 2 aromatic carbocycles. The van der Waals surface area contributed by atoms with Gasteiger partial charge >= 0.3 is 0 Å². The lowest BCUT2D eigenvalue weighted by atomic mass is 10.1. The van der Waals surface area contributed by atoms with Crippen molar-refractivity contribution in [3.63, 3.8) is 0 Å². The van der Waals surface area contributed by atoms with Crippen molar-refractivity contribution < 1.29 is 14.3 Å². The molecule has 0 aliphatic heterocycles. The molecule has 1 atom stereocenters. The standard InChI is InChI=1S/C22H26Cl2N2O3/c1-3-20(22(28)25-2)26(15-16-6-8-17(23)9-7-16)21(27)5-4-14-29-19-12-10-18(24)11-13-19/h6-13,20H,3-5,14-15H2,1-2H3,(H,25,28). The first-order valence-corrected chi connectivity index (χ1v) is 10.3. The van der Waals surface area contributed by atoms with Crippen molar-refractivity contribution in [2.24, 2.45) is 0 Å². The largest absolute Gasteiger partial charge is 0.494 e. The molecule has 7 heteroatoms. The van der Waals surface area contributed by atoms with E-state index in [1.165, 1.54) is 0 Å². The van der Waals surface area contributed by atoms with E-state index in [0.717, 1.165) is 5.56 Å². The van der Waals surface area contributed by atoms with Gasteiger partial charge in [-0.2, -0.15) is 0 Å². The van der Waals surface area contributed by atoms with E-state index in [1.807, 2.05) is 19.1 Å². The lowest BCUT2D eigenvalue weighted by molar-refractivity contribution is -0.141. The molecule has 0 aliphatic carbocycles. The number of halogens is 2. The topological polar surface area (TPSA) is 58.6 Å². The number of ether oxygens (including phenoxy) is 1. The van der Waals surface area contributed by atoms with Crippen molar-refractivity contribution >= 4 is 35.0 Å². The summed E-state index contributed by atoms with van der Waals surface area (Å²) in [6, 6.07) is 13.8. The average molecular weight is 437 g/mol. The van der Waals surface area contributed by atoms with Crippen LogP contribution in [0.1, 0.15) is 31.7 Å². The third kappa shape index (κ3) is 7.26. The van der Waals surface area contributed by atoms with Gasteiger partial charge in [-0.05, 0) is 54.8 Å². The summed E-state index contributed by atoms with van der Waals surface area (Å²) in [5.41, 5.74) is 0.919. The Labute approximate surface area is 181 Å². The van der Waals surface area contributed by atoms with Crippen LogP contribution in [-0.4, -0.2) is 36.4 Å². The molecule has 0 aliphatic rings. The number of hydrogen-bond acceptors (Lipinski definition) is 3. The second-order valence-corrected chi connectivity index (χ2v) is 7.47. The molecule has 2 amide bonds. The molecule has 156 valence electrons. The van der Waals surface area contributed by atoms with Gasteiger partial charge in [0.1, 0.15) is 11.8 Å². The zero-order valence-electron chi connectivity index (χ0n) is 16.7. The van der Waals surface area contributed by atoms with Gasteiger partial charge in [-0.1, -0.05) is 42.3 Å². The van der Waals surface area contributed by atoms with Crippen molar-refractivity contribution in [3.8, 4) is 5.75 Å². The minimum absolute atomic E-state index is 0.0879. The number of rotatable bonds is 10. The van der Waals surface area contributed by atoms with Gasteiger partial charge in [-0.15, -0.1) is 0 Å². The molecule has 0 radical (unpaired) electrons. The molecule has 0 saturated carbocycles. The van der Waals surface area contributed by atoms with E-state index in [4.69, 9.17) is 27.9 Å². The highest BCUT2D eigenvalue weighted by molar-refractivity contribution is 6.30. The Morgan fingerprint density at radius 1 is 1.03 bits per heavy atom. The van der Waals surface area contributed by atoms with Crippen LogP contribution < -0.4 is 10.1 Å². The van der Waals surface area contributed by atoms with Crippen LogP contribution in [0.25, 0.3) is 0 Å². The summed E-state index contributed by atoms with van der Waals surface area (Å²) in [6.45, 7) is 2.64. The minimum atomic E-state index is -0.527. The fourth-order valence-corrected chi connectivity index (χ4v) is 3.21.